The summed E-state index contributed by atoms with van der Waals surface area (Å²) in [5.41, 5.74) is 4.07. The van der Waals surface area contributed by atoms with Crippen molar-refractivity contribution in [3.05, 3.63) is 35.4 Å². The van der Waals surface area contributed by atoms with E-state index in [9.17, 15) is 4.79 Å². The van der Waals surface area contributed by atoms with Crippen LogP contribution in [0.15, 0.2) is 24.3 Å². The Bertz CT molecular complexity index is 758. The van der Waals surface area contributed by atoms with E-state index >= 15 is 0 Å². The Kier molecular flexibility index (Phi) is 4.92. The van der Waals surface area contributed by atoms with E-state index in [0.29, 0.717) is 0 Å². The second-order valence-corrected chi connectivity index (χ2v) is 9.18. The SMILES string of the molecule is O=C1OC(CCN2CCN(c3ccc4c(c3)C=CC4)CC2)CC12CCCCC2. The number of allylic oxidation sites excluding steroid dienone is 1. The first-order valence-electron chi connectivity index (χ1n) is 11.2. The van der Waals surface area contributed by atoms with Crippen LogP contribution in [0.2, 0.25) is 0 Å². The standard InChI is InChI=1S/C24H32N2O2/c27-23-24(10-2-1-3-11-24)18-22(28-23)9-12-25-13-15-26(16-14-25)21-8-7-19-5-4-6-20(19)17-21/h4,6-8,17,22H,1-3,5,9-16,18H2. The van der Waals surface area contributed by atoms with Crippen molar-refractivity contribution in [2.75, 3.05) is 37.6 Å². The fourth-order valence-electron chi connectivity index (χ4n) is 5.62. The Balaban J connectivity index is 1.10. The zero-order chi connectivity index (χ0) is 19.0. The van der Waals surface area contributed by atoms with Crippen LogP contribution in [0.25, 0.3) is 6.08 Å². The highest BCUT2D eigenvalue weighted by molar-refractivity contribution is 5.79. The molecular formula is C24H32N2O2. The fraction of sp³-hybridized carbons (Fsp3) is 0.625. The number of hydrogen-bond donors (Lipinski definition) is 0. The number of anilines is 1. The largest absolute Gasteiger partial charge is 0.462 e. The Morgan fingerprint density at radius 3 is 2.71 bits per heavy atom. The van der Waals surface area contributed by atoms with Crippen molar-refractivity contribution < 1.29 is 9.53 Å². The number of nitrogens with zero attached hydrogens (tertiary/aromatic N) is 2. The van der Waals surface area contributed by atoms with Gasteiger partial charge in [-0.1, -0.05) is 37.5 Å². The monoisotopic (exact) mass is 380 g/mol. The molecule has 1 unspecified atom stereocenters. The van der Waals surface area contributed by atoms with Crippen LogP contribution in [0.4, 0.5) is 5.69 Å². The molecule has 2 aliphatic heterocycles. The van der Waals surface area contributed by atoms with Gasteiger partial charge in [-0.3, -0.25) is 9.69 Å². The second-order valence-electron chi connectivity index (χ2n) is 9.18. The van der Waals surface area contributed by atoms with Gasteiger partial charge in [0.25, 0.3) is 0 Å². The third-order valence-corrected chi connectivity index (χ3v) is 7.41. The summed E-state index contributed by atoms with van der Waals surface area (Å²) in [4.78, 5) is 17.5. The first-order chi connectivity index (χ1) is 13.7. The molecule has 150 valence electrons. The zero-order valence-electron chi connectivity index (χ0n) is 16.9. The zero-order valence-corrected chi connectivity index (χ0v) is 16.9. The lowest BCUT2D eigenvalue weighted by Gasteiger charge is -2.36. The summed E-state index contributed by atoms with van der Waals surface area (Å²) in [6.45, 7) is 5.40. The molecule has 0 amide bonds. The van der Waals surface area contributed by atoms with E-state index in [4.69, 9.17) is 4.74 Å². The molecule has 2 aliphatic carbocycles. The summed E-state index contributed by atoms with van der Waals surface area (Å²) in [5.74, 6) is 0.104. The summed E-state index contributed by atoms with van der Waals surface area (Å²) in [6, 6.07) is 6.91. The number of benzene rings is 1. The van der Waals surface area contributed by atoms with Gasteiger partial charge in [-0.2, -0.15) is 0 Å². The molecule has 0 bridgehead atoms. The number of fused-ring (bicyclic) bond motifs is 1. The molecule has 0 N–H and O–H groups in total. The molecule has 1 saturated carbocycles. The summed E-state index contributed by atoms with van der Waals surface area (Å²) in [6.07, 6.45) is 13.5. The van der Waals surface area contributed by atoms with E-state index < -0.39 is 0 Å². The molecule has 2 heterocycles. The Labute approximate surface area is 168 Å². The van der Waals surface area contributed by atoms with Crippen LogP contribution in [-0.2, 0) is 16.0 Å². The van der Waals surface area contributed by atoms with Crippen LogP contribution in [-0.4, -0.2) is 49.7 Å². The summed E-state index contributed by atoms with van der Waals surface area (Å²) >= 11 is 0. The predicted octanol–water partition coefficient (Wildman–Crippen LogP) is 4.03. The summed E-state index contributed by atoms with van der Waals surface area (Å²) in [7, 11) is 0. The maximum atomic E-state index is 12.4. The van der Waals surface area contributed by atoms with Gasteiger partial charge in [0.1, 0.15) is 6.10 Å². The Morgan fingerprint density at radius 1 is 1.07 bits per heavy atom. The molecule has 1 atom stereocenters. The number of cyclic esters (lactones) is 1. The molecule has 28 heavy (non-hydrogen) atoms. The molecule has 1 aromatic carbocycles. The molecule has 1 aromatic rings. The van der Waals surface area contributed by atoms with E-state index in [1.165, 1.54) is 36.1 Å². The van der Waals surface area contributed by atoms with Crippen molar-refractivity contribution in [1.82, 2.24) is 4.90 Å². The van der Waals surface area contributed by atoms with Gasteiger partial charge in [-0.25, -0.2) is 0 Å². The van der Waals surface area contributed by atoms with Crippen molar-refractivity contribution in [3.8, 4) is 0 Å². The molecule has 4 heteroatoms. The van der Waals surface area contributed by atoms with Crippen LogP contribution in [0.3, 0.4) is 0 Å². The highest BCUT2D eigenvalue weighted by Crippen LogP contribution is 2.46. The highest BCUT2D eigenvalue weighted by Gasteiger charge is 2.48. The Hall–Kier alpha value is -1.81. The number of piperazine rings is 1. The molecule has 0 radical (unpaired) electrons. The molecule has 4 nitrogen and oxygen atoms in total. The first kappa shape index (κ1) is 18.2. The fourth-order valence-corrected chi connectivity index (χ4v) is 5.62. The van der Waals surface area contributed by atoms with E-state index in [1.807, 2.05) is 0 Å². The van der Waals surface area contributed by atoms with E-state index in [2.05, 4.69) is 40.2 Å². The van der Waals surface area contributed by atoms with Gasteiger partial charge in [0.2, 0.25) is 0 Å². The Morgan fingerprint density at radius 2 is 1.89 bits per heavy atom. The molecule has 1 spiro atoms. The van der Waals surface area contributed by atoms with Gasteiger partial charge in [-0.15, -0.1) is 0 Å². The minimum Gasteiger partial charge on any atom is -0.462 e. The average Bonchev–Trinajstić information content (AvgIpc) is 3.32. The summed E-state index contributed by atoms with van der Waals surface area (Å²) < 4.78 is 5.80. The topological polar surface area (TPSA) is 32.8 Å². The van der Waals surface area contributed by atoms with Gasteiger partial charge >= 0.3 is 5.97 Å². The molecule has 5 rings (SSSR count). The number of carbonyl (C=O) groups is 1. The van der Waals surface area contributed by atoms with Gasteiger partial charge in [0, 0.05) is 44.8 Å². The number of ether oxygens (including phenoxy) is 1. The third-order valence-electron chi connectivity index (χ3n) is 7.41. The lowest BCUT2D eigenvalue weighted by Crippen LogP contribution is -2.47. The number of esters is 1. The summed E-state index contributed by atoms with van der Waals surface area (Å²) in [5, 5.41) is 0. The molecule has 4 aliphatic rings. The maximum absolute atomic E-state index is 12.4. The van der Waals surface area contributed by atoms with E-state index in [-0.39, 0.29) is 17.5 Å². The molecule has 3 fully saturated rings. The minimum atomic E-state index is -0.121. The minimum absolute atomic E-state index is 0.104. The van der Waals surface area contributed by atoms with Crippen LogP contribution in [0, 0.1) is 5.41 Å². The van der Waals surface area contributed by atoms with Crippen LogP contribution in [0.5, 0.6) is 0 Å². The van der Waals surface area contributed by atoms with Crippen molar-refractivity contribution >= 4 is 17.7 Å². The smallest absolute Gasteiger partial charge is 0.312 e. The van der Waals surface area contributed by atoms with Gasteiger partial charge in [0.05, 0.1) is 5.41 Å². The van der Waals surface area contributed by atoms with Crippen LogP contribution in [0.1, 0.15) is 56.1 Å². The lowest BCUT2D eigenvalue weighted by atomic mass is 9.72. The average molecular weight is 381 g/mol. The highest BCUT2D eigenvalue weighted by atomic mass is 16.6. The number of rotatable bonds is 4. The molecule has 0 aromatic heterocycles. The normalized spacial score (nSPS) is 26.6. The molecule has 2 saturated heterocycles. The van der Waals surface area contributed by atoms with Gasteiger partial charge in [0.15, 0.2) is 0 Å². The number of hydrogen-bond acceptors (Lipinski definition) is 4. The van der Waals surface area contributed by atoms with Crippen molar-refractivity contribution in [2.45, 2.75) is 57.5 Å². The van der Waals surface area contributed by atoms with Crippen LogP contribution < -0.4 is 4.90 Å². The predicted molar refractivity (Wildman–Crippen MR) is 112 cm³/mol. The quantitative estimate of drug-likeness (QED) is 0.738. The van der Waals surface area contributed by atoms with Crippen molar-refractivity contribution in [2.24, 2.45) is 5.41 Å². The third kappa shape index (κ3) is 3.47. The van der Waals surface area contributed by atoms with Gasteiger partial charge in [-0.05, 0) is 48.9 Å². The van der Waals surface area contributed by atoms with E-state index in [0.717, 1.165) is 64.8 Å². The van der Waals surface area contributed by atoms with Crippen LogP contribution >= 0.6 is 0 Å². The molecular weight excluding hydrogens is 348 g/mol. The first-order valence-corrected chi connectivity index (χ1v) is 11.2. The van der Waals surface area contributed by atoms with Crippen molar-refractivity contribution in [1.29, 1.82) is 0 Å². The van der Waals surface area contributed by atoms with Crippen molar-refractivity contribution in [3.63, 3.8) is 0 Å². The maximum Gasteiger partial charge on any atom is 0.312 e. The van der Waals surface area contributed by atoms with Gasteiger partial charge < -0.3 is 9.64 Å². The number of carbonyl (C=O) groups excluding carboxylic acids is 1. The lowest BCUT2D eigenvalue weighted by molar-refractivity contribution is -0.150. The second kappa shape index (κ2) is 7.55. The van der Waals surface area contributed by atoms with E-state index in [1.54, 1.807) is 0 Å².